The van der Waals surface area contributed by atoms with Crippen LogP contribution in [0.4, 0.5) is 0 Å². The van der Waals surface area contributed by atoms with E-state index in [1.165, 1.54) is 22.3 Å². The molecule has 0 aromatic heterocycles. The fourth-order valence-corrected chi connectivity index (χ4v) is 5.76. The van der Waals surface area contributed by atoms with E-state index >= 15 is 0 Å². The number of rotatable bonds is 0. The van der Waals surface area contributed by atoms with Crippen molar-refractivity contribution >= 4 is 21.5 Å². The minimum atomic E-state index is 0.925. The Kier molecular flexibility index (Phi) is 9.05. The molecule has 0 saturated carbocycles. The third kappa shape index (κ3) is 7.39. The summed E-state index contributed by atoms with van der Waals surface area (Å²) in [5.74, 6) is 27.6. The molecule has 7 aromatic carbocycles. The topological polar surface area (TPSA) is 0 Å². The molecule has 0 nitrogen and oxygen atoms in total. The van der Waals surface area contributed by atoms with Crippen LogP contribution in [0.1, 0.15) is 66.8 Å². The van der Waals surface area contributed by atoms with Gasteiger partial charge >= 0.3 is 0 Å². The van der Waals surface area contributed by atoms with E-state index in [0.717, 1.165) is 66.1 Å². The minimum Gasteiger partial charge on any atom is -0.0617 e. The van der Waals surface area contributed by atoms with E-state index in [9.17, 15) is 0 Å². The maximum absolute atomic E-state index is 3.58. The van der Waals surface area contributed by atoms with Crippen molar-refractivity contribution in [2.75, 3.05) is 0 Å². The third-order valence-electron chi connectivity index (χ3n) is 8.69. The summed E-state index contributed by atoms with van der Waals surface area (Å²) < 4.78 is 0. The predicted octanol–water partition coefficient (Wildman–Crippen LogP) is 10.8. The predicted molar refractivity (Wildman–Crippen MR) is 210 cm³/mol. The normalized spacial score (nSPS) is 10.2. The summed E-state index contributed by atoms with van der Waals surface area (Å²) in [5, 5.41) is 4.13. The minimum absolute atomic E-state index is 0.925. The monoisotopic (exact) mass is 634 g/mol. The van der Waals surface area contributed by atoms with Gasteiger partial charge in [0.25, 0.3) is 0 Å². The van der Waals surface area contributed by atoms with Crippen LogP contribution in [0, 0.1) is 75.1 Å². The van der Waals surface area contributed by atoms with Crippen LogP contribution in [0.25, 0.3) is 21.5 Å². The van der Waals surface area contributed by atoms with Gasteiger partial charge < -0.3 is 0 Å². The Morgan fingerprint density at radius 2 is 0.480 bits per heavy atom. The lowest BCUT2D eigenvalue weighted by Gasteiger charge is -2.12. The zero-order valence-electron chi connectivity index (χ0n) is 28.7. The van der Waals surface area contributed by atoms with Crippen molar-refractivity contribution < 1.29 is 0 Å². The SMILES string of the molecule is Cc1ccc(C#Cc2ccc3c(C#Cc4ccc(C)cc4)c4cc(C#Cc5ccc(C)cc5)ccc4c(C#Cc4ccc(C)cc4)c3c2)cc1. The van der Waals surface area contributed by atoms with Gasteiger partial charge in [0.05, 0.1) is 0 Å². The fourth-order valence-electron chi connectivity index (χ4n) is 5.76. The van der Waals surface area contributed by atoms with Crippen molar-refractivity contribution in [3.8, 4) is 47.4 Å². The lowest BCUT2D eigenvalue weighted by molar-refractivity contribution is 1.46. The second-order valence-electron chi connectivity index (χ2n) is 12.7. The molecule has 7 aromatic rings. The molecule has 0 amide bonds. The van der Waals surface area contributed by atoms with Crippen molar-refractivity contribution in [3.63, 3.8) is 0 Å². The van der Waals surface area contributed by atoms with E-state index in [0.29, 0.717) is 0 Å². The van der Waals surface area contributed by atoms with Crippen LogP contribution < -0.4 is 0 Å². The Hall–Kier alpha value is -6.70. The first-order chi connectivity index (χ1) is 24.4. The number of benzene rings is 7. The summed E-state index contributed by atoms with van der Waals surface area (Å²) in [6.45, 7) is 8.35. The zero-order chi connectivity index (χ0) is 34.5. The van der Waals surface area contributed by atoms with Crippen molar-refractivity contribution in [3.05, 3.63) is 200 Å². The van der Waals surface area contributed by atoms with E-state index in [4.69, 9.17) is 0 Å². The lowest BCUT2D eigenvalue weighted by Crippen LogP contribution is -1.93. The van der Waals surface area contributed by atoms with Gasteiger partial charge in [0.1, 0.15) is 0 Å². The van der Waals surface area contributed by atoms with Gasteiger partial charge in [-0.2, -0.15) is 0 Å². The Morgan fingerprint density at radius 1 is 0.240 bits per heavy atom. The van der Waals surface area contributed by atoms with E-state index in [1.807, 2.05) is 0 Å². The first-order valence-corrected chi connectivity index (χ1v) is 16.8. The Bertz CT molecular complexity index is 2450. The van der Waals surface area contributed by atoms with E-state index in [1.54, 1.807) is 0 Å². The summed E-state index contributed by atoms with van der Waals surface area (Å²) >= 11 is 0. The van der Waals surface area contributed by atoms with Crippen molar-refractivity contribution in [1.82, 2.24) is 0 Å². The summed E-state index contributed by atoms with van der Waals surface area (Å²) in [5.41, 5.74) is 12.5. The molecule has 0 spiro atoms. The second kappa shape index (κ2) is 14.2. The van der Waals surface area contributed by atoms with Crippen LogP contribution in [0.3, 0.4) is 0 Å². The molecule has 234 valence electrons. The molecule has 0 unspecified atom stereocenters. The standard InChI is InChI=1S/C50H34/c1-35-5-13-39(14-6-35)21-23-43-27-31-47-46(30-26-42-19-11-38(4)12-20-42)50-34-44(24-22-40-15-7-36(2)8-16-40)28-32-48(50)45(49(47)33-43)29-25-41-17-9-37(3)10-18-41/h5-20,27-28,31-34H,1-4H3. The number of aryl methyl sites for hydroxylation is 4. The average Bonchev–Trinajstić information content (AvgIpc) is 3.14. The molecule has 0 N–H and O–H groups in total. The maximum atomic E-state index is 3.58. The molecule has 0 aliphatic rings. The average molecular weight is 635 g/mol. The quantitative estimate of drug-likeness (QED) is 0.115. The van der Waals surface area contributed by atoms with Crippen LogP contribution in [0.15, 0.2) is 133 Å². The highest BCUT2D eigenvalue weighted by atomic mass is 14.1. The van der Waals surface area contributed by atoms with Gasteiger partial charge in [0, 0.05) is 55.3 Å². The van der Waals surface area contributed by atoms with Gasteiger partial charge in [0.15, 0.2) is 0 Å². The molecule has 0 saturated heterocycles. The maximum Gasteiger partial charge on any atom is 0.0407 e. The van der Waals surface area contributed by atoms with Gasteiger partial charge in [-0.3, -0.25) is 0 Å². The van der Waals surface area contributed by atoms with Crippen LogP contribution >= 0.6 is 0 Å². The molecule has 0 aliphatic carbocycles. The van der Waals surface area contributed by atoms with E-state index in [2.05, 4.69) is 209 Å². The smallest absolute Gasteiger partial charge is 0.0407 e. The van der Waals surface area contributed by atoms with Gasteiger partial charge in [-0.1, -0.05) is 130 Å². The third-order valence-corrected chi connectivity index (χ3v) is 8.69. The number of hydrogen-bond acceptors (Lipinski definition) is 0. The van der Waals surface area contributed by atoms with E-state index in [-0.39, 0.29) is 0 Å². The van der Waals surface area contributed by atoms with Crippen LogP contribution in [-0.2, 0) is 0 Å². The van der Waals surface area contributed by atoms with Gasteiger partial charge in [0.2, 0.25) is 0 Å². The summed E-state index contributed by atoms with van der Waals surface area (Å²) in [6, 6.07) is 46.1. The molecule has 50 heavy (non-hydrogen) atoms. The second-order valence-corrected chi connectivity index (χ2v) is 12.7. The fraction of sp³-hybridized carbons (Fsp3) is 0.0800. The molecular formula is C50H34. The lowest BCUT2D eigenvalue weighted by atomic mass is 9.89. The molecule has 0 atom stereocenters. The molecule has 7 rings (SSSR count). The van der Waals surface area contributed by atoms with Gasteiger partial charge in [-0.05, 0) is 111 Å². The number of hydrogen-bond donors (Lipinski definition) is 0. The summed E-state index contributed by atoms with van der Waals surface area (Å²) in [6.07, 6.45) is 0. The number of fused-ring (bicyclic) bond motifs is 2. The Labute approximate surface area is 295 Å². The summed E-state index contributed by atoms with van der Waals surface area (Å²) in [7, 11) is 0. The van der Waals surface area contributed by atoms with Crippen LogP contribution in [-0.4, -0.2) is 0 Å². The Morgan fingerprint density at radius 3 is 0.780 bits per heavy atom. The highest BCUT2D eigenvalue weighted by Gasteiger charge is 2.13. The van der Waals surface area contributed by atoms with Gasteiger partial charge in [-0.25, -0.2) is 0 Å². The highest BCUT2D eigenvalue weighted by Crippen LogP contribution is 2.34. The first-order valence-electron chi connectivity index (χ1n) is 16.8. The summed E-state index contributed by atoms with van der Waals surface area (Å²) in [4.78, 5) is 0. The van der Waals surface area contributed by atoms with Crippen molar-refractivity contribution in [2.45, 2.75) is 27.7 Å². The molecular weight excluding hydrogens is 601 g/mol. The molecule has 0 heteroatoms. The Balaban J connectivity index is 1.47. The van der Waals surface area contributed by atoms with Gasteiger partial charge in [-0.15, -0.1) is 0 Å². The molecule has 0 heterocycles. The van der Waals surface area contributed by atoms with Crippen molar-refractivity contribution in [2.24, 2.45) is 0 Å². The highest BCUT2D eigenvalue weighted by molar-refractivity contribution is 6.10. The van der Waals surface area contributed by atoms with E-state index < -0.39 is 0 Å². The molecule has 0 bridgehead atoms. The van der Waals surface area contributed by atoms with Crippen LogP contribution in [0.5, 0.6) is 0 Å². The zero-order valence-corrected chi connectivity index (χ0v) is 28.7. The molecule has 0 fully saturated rings. The van der Waals surface area contributed by atoms with Crippen molar-refractivity contribution in [1.29, 1.82) is 0 Å². The molecule has 0 radical (unpaired) electrons. The largest absolute Gasteiger partial charge is 0.0617 e. The molecule has 0 aliphatic heterocycles. The van der Waals surface area contributed by atoms with Crippen LogP contribution in [0.2, 0.25) is 0 Å². The first kappa shape index (κ1) is 31.9.